The normalized spacial score (nSPS) is 16.9. The molecule has 1 aliphatic heterocycles. The summed E-state index contributed by atoms with van der Waals surface area (Å²) in [7, 11) is 0. The van der Waals surface area contributed by atoms with Gasteiger partial charge in [0, 0.05) is 0 Å². The van der Waals surface area contributed by atoms with Gasteiger partial charge in [-0.2, -0.15) is 0 Å². The summed E-state index contributed by atoms with van der Waals surface area (Å²) < 4.78 is 17.4. The van der Waals surface area contributed by atoms with Crippen molar-refractivity contribution in [2.24, 2.45) is 0 Å². The van der Waals surface area contributed by atoms with Crippen LogP contribution in [-0.4, -0.2) is 38.7 Å². The predicted octanol–water partition coefficient (Wildman–Crippen LogP) is -6.76. The van der Waals surface area contributed by atoms with Gasteiger partial charge in [-0.05, 0) is 38.1 Å². The molecular formula is C17H22BrN2NaO3+2. The van der Waals surface area contributed by atoms with E-state index in [1.807, 2.05) is 36.7 Å². The molecule has 0 saturated heterocycles. The van der Waals surface area contributed by atoms with E-state index in [4.69, 9.17) is 13.6 Å². The molecule has 4 bridgehead atoms. The third-order valence-corrected chi connectivity index (χ3v) is 3.76. The smallest absolute Gasteiger partial charge is 1.00 e. The van der Waals surface area contributed by atoms with Crippen LogP contribution in [-0.2, 0) is 10.2 Å². The van der Waals surface area contributed by atoms with Crippen LogP contribution in [0.15, 0.2) is 33.1 Å². The van der Waals surface area contributed by atoms with E-state index in [0.29, 0.717) is 13.2 Å². The van der Waals surface area contributed by atoms with Gasteiger partial charge in [0.1, 0.15) is 24.7 Å². The molecule has 0 aliphatic carbocycles. The monoisotopic (exact) mass is 404 g/mol. The molecule has 5 nitrogen and oxygen atoms in total. The van der Waals surface area contributed by atoms with Crippen molar-refractivity contribution >= 4 is 12.4 Å². The average molecular weight is 405 g/mol. The van der Waals surface area contributed by atoms with Gasteiger partial charge in [-0.15, -0.1) is 0 Å². The van der Waals surface area contributed by atoms with Crippen LogP contribution in [0.5, 0.6) is 0 Å². The van der Waals surface area contributed by atoms with Crippen molar-refractivity contribution in [2.45, 2.75) is 19.3 Å². The van der Waals surface area contributed by atoms with Crippen molar-refractivity contribution in [1.29, 1.82) is 0 Å². The summed E-state index contributed by atoms with van der Waals surface area (Å²) in [5.41, 5.74) is -0.321. The first-order chi connectivity index (χ1) is 10.7. The third-order valence-electron chi connectivity index (χ3n) is 3.76. The third kappa shape index (κ3) is 5.17. The van der Waals surface area contributed by atoms with E-state index in [0.717, 1.165) is 36.1 Å². The van der Waals surface area contributed by atoms with Gasteiger partial charge in [-0.1, -0.05) is 0 Å². The van der Waals surface area contributed by atoms with E-state index < -0.39 is 0 Å². The molecular weight excluding hydrogens is 383 g/mol. The number of rotatable bonds is 0. The summed E-state index contributed by atoms with van der Waals surface area (Å²) in [5, 5.41) is 0. The van der Waals surface area contributed by atoms with Gasteiger partial charge in [-0.25, -0.2) is 9.98 Å². The molecule has 0 aromatic carbocycles. The maximum Gasteiger partial charge on any atom is 1.00 e. The van der Waals surface area contributed by atoms with Crippen molar-refractivity contribution in [1.82, 2.24) is 0 Å². The number of hydrogen-bond acceptors (Lipinski definition) is 3. The molecule has 2 aromatic heterocycles. The van der Waals surface area contributed by atoms with Crippen LogP contribution in [0.1, 0.15) is 36.9 Å². The molecule has 2 N–H and O–H groups in total. The molecule has 0 radical (unpaired) electrons. The largest absolute Gasteiger partial charge is 1.00 e. The molecule has 2 aromatic rings. The topological polar surface area (TPSA) is 63.5 Å². The zero-order valence-corrected chi connectivity index (χ0v) is 18.0. The molecule has 124 valence electrons. The summed E-state index contributed by atoms with van der Waals surface area (Å²) in [6.07, 6.45) is 3.74. The Kier molecular flexibility index (Phi) is 8.67. The Labute approximate surface area is 174 Å². The summed E-state index contributed by atoms with van der Waals surface area (Å²) >= 11 is 0. The number of halogens is 1. The fraction of sp³-hybridized carbons (Fsp3) is 0.412. The molecule has 1 aliphatic rings. The van der Waals surface area contributed by atoms with Crippen molar-refractivity contribution in [3.63, 3.8) is 0 Å². The van der Waals surface area contributed by atoms with Crippen LogP contribution in [0.25, 0.3) is 0 Å². The zero-order valence-electron chi connectivity index (χ0n) is 14.4. The van der Waals surface area contributed by atoms with Crippen LogP contribution in [0, 0.1) is 0 Å². The predicted molar refractivity (Wildman–Crippen MR) is 82.4 cm³/mol. The summed E-state index contributed by atoms with van der Waals surface area (Å²) in [6.45, 7) is 7.00. The first-order valence-electron chi connectivity index (χ1n) is 7.58. The number of fused-ring (bicyclic) bond motifs is 4. The molecule has 0 amide bonds. The molecule has 0 spiro atoms. The molecule has 0 atom stereocenters. The maximum absolute atomic E-state index is 5.92. The number of nitrogens with one attached hydrogen (secondary N) is 2. The second kappa shape index (κ2) is 9.73. The molecule has 24 heavy (non-hydrogen) atoms. The molecule has 0 saturated carbocycles. The number of ether oxygens (including phenoxy) is 1. The number of hydrogen-bond donors (Lipinski definition) is 2. The van der Waals surface area contributed by atoms with Gasteiger partial charge in [-0.3, -0.25) is 0 Å². The summed E-state index contributed by atoms with van der Waals surface area (Å²) in [5.74, 6) is 3.35. The number of furan rings is 2. The fourth-order valence-electron chi connectivity index (χ4n) is 2.36. The summed E-state index contributed by atoms with van der Waals surface area (Å²) in [4.78, 5) is 6.39. The maximum atomic E-state index is 5.92. The standard InChI is InChI=1S/C17H20N2O3.BrH.Na/c1-17(2)15-5-3-13(21-15)11-18-7-9-20-10-8-19-12-14-4-6-16(17)22-14;;/h3-6,11-12H,7-10H2,1-2H3;1H;/q;;+1/p+1. The zero-order chi connectivity index (χ0) is 15.4. The van der Waals surface area contributed by atoms with Gasteiger partial charge in [0.2, 0.25) is 12.4 Å². The quantitative estimate of drug-likeness (QED) is 0.429. The minimum atomic E-state index is -0.321. The Morgan fingerprint density at radius 3 is 1.75 bits per heavy atom. The van der Waals surface area contributed by atoms with Gasteiger partial charge in [0.25, 0.3) is 0 Å². The fourth-order valence-corrected chi connectivity index (χ4v) is 2.36. The molecule has 3 rings (SSSR count). The van der Waals surface area contributed by atoms with E-state index in [2.05, 4.69) is 23.8 Å². The second-order valence-electron chi connectivity index (χ2n) is 5.84. The van der Waals surface area contributed by atoms with E-state index in [1.54, 1.807) is 0 Å². The molecule has 3 heterocycles. The van der Waals surface area contributed by atoms with E-state index in [9.17, 15) is 0 Å². The summed E-state index contributed by atoms with van der Waals surface area (Å²) in [6, 6.07) is 7.90. The van der Waals surface area contributed by atoms with Crippen LogP contribution in [0.3, 0.4) is 0 Å². The van der Waals surface area contributed by atoms with Crippen molar-refractivity contribution in [3.8, 4) is 0 Å². The SMILES string of the molecule is CC1(C)c2ccc(o2)C=[NH+]CCOCC[NH+]=Cc2ccc1o2.[Br-].[Na+]. The Hall–Kier alpha value is -0.660. The van der Waals surface area contributed by atoms with Crippen LogP contribution in [0.4, 0.5) is 0 Å². The van der Waals surface area contributed by atoms with Gasteiger partial charge in [0.05, 0.1) is 5.41 Å². The minimum absolute atomic E-state index is 0. The Balaban J connectivity index is 0.00000144. The first kappa shape index (κ1) is 21.4. The Morgan fingerprint density at radius 1 is 0.833 bits per heavy atom. The van der Waals surface area contributed by atoms with Gasteiger partial charge < -0.3 is 30.6 Å². The molecule has 7 heteroatoms. The van der Waals surface area contributed by atoms with Crippen molar-refractivity contribution < 1.29 is 70.1 Å². The van der Waals surface area contributed by atoms with E-state index in [-0.39, 0.29) is 52.0 Å². The second-order valence-corrected chi connectivity index (χ2v) is 5.84. The van der Waals surface area contributed by atoms with E-state index in [1.165, 1.54) is 0 Å². The van der Waals surface area contributed by atoms with Crippen LogP contribution in [0.2, 0.25) is 0 Å². The van der Waals surface area contributed by atoms with Crippen molar-refractivity contribution in [3.05, 3.63) is 47.3 Å². The minimum Gasteiger partial charge on any atom is -1.00 e. The Morgan fingerprint density at radius 2 is 1.29 bits per heavy atom. The van der Waals surface area contributed by atoms with Crippen LogP contribution >= 0.6 is 0 Å². The Bertz CT molecular complexity index is 635. The molecule has 0 unspecified atom stereocenters. The first-order valence-corrected chi connectivity index (χ1v) is 7.58. The van der Waals surface area contributed by atoms with Gasteiger partial charge in [0.15, 0.2) is 24.6 Å². The van der Waals surface area contributed by atoms with E-state index >= 15 is 0 Å². The molecule has 0 fully saturated rings. The van der Waals surface area contributed by atoms with Crippen LogP contribution < -0.4 is 56.5 Å². The van der Waals surface area contributed by atoms with Crippen molar-refractivity contribution in [2.75, 3.05) is 26.3 Å². The average Bonchev–Trinajstić information content (AvgIpc) is 3.14. The van der Waals surface area contributed by atoms with Gasteiger partial charge >= 0.3 is 29.6 Å².